The van der Waals surface area contributed by atoms with Crippen LogP contribution in [0.4, 0.5) is 0 Å². The van der Waals surface area contributed by atoms with Crippen LogP contribution in [0.2, 0.25) is 0 Å². The lowest BCUT2D eigenvalue weighted by atomic mass is 9.97. The van der Waals surface area contributed by atoms with E-state index in [1.54, 1.807) is 7.11 Å². The summed E-state index contributed by atoms with van der Waals surface area (Å²) < 4.78 is 12.1. The largest absolute Gasteiger partial charge is 0.497 e. The molecule has 0 aromatic heterocycles. The molecule has 0 saturated heterocycles. The topological polar surface area (TPSA) is 34.1 Å². The third-order valence-electron chi connectivity index (χ3n) is 4.10. The standard InChI is InChI=1S/C17H15BrN2O2/c1-21-13-5-2-11(3-6-13)15-9-16-14-8-12(18)4-7-17(14)22-10-20(16)19-15/h2-8,16H,9-10H2,1H3/t16-/m0/s1. The van der Waals surface area contributed by atoms with Crippen molar-refractivity contribution < 1.29 is 9.47 Å². The van der Waals surface area contributed by atoms with Gasteiger partial charge in [-0.1, -0.05) is 15.9 Å². The summed E-state index contributed by atoms with van der Waals surface area (Å²) in [6, 6.07) is 14.4. The average Bonchev–Trinajstić information content (AvgIpc) is 2.99. The van der Waals surface area contributed by atoms with Gasteiger partial charge in [0.25, 0.3) is 0 Å². The number of halogens is 1. The predicted octanol–water partition coefficient (Wildman–Crippen LogP) is 3.96. The van der Waals surface area contributed by atoms with Crippen LogP contribution in [0.5, 0.6) is 11.5 Å². The Morgan fingerprint density at radius 2 is 2.05 bits per heavy atom. The molecule has 0 unspecified atom stereocenters. The zero-order chi connectivity index (χ0) is 15.1. The van der Waals surface area contributed by atoms with E-state index in [0.29, 0.717) is 6.73 Å². The lowest BCUT2D eigenvalue weighted by Gasteiger charge is -2.30. The van der Waals surface area contributed by atoms with Crippen LogP contribution in [0.1, 0.15) is 23.6 Å². The minimum absolute atomic E-state index is 0.248. The third-order valence-corrected chi connectivity index (χ3v) is 4.60. The molecule has 0 fully saturated rings. The molecular weight excluding hydrogens is 344 g/mol. The van der Waals surface area contributed by atoms with Crippen molar-refractivity contribution in [3.63, 3.8) is 0 Å². The van der Waals surface area contributed by atoms with Gasteiger partial charge in [-0.2, -0.15) is 5.10 Å². The summed E-state index contributed by atoms with van der Waals surface area (Å²) >= 11 is 3.54. The molecule has 112 valence electrons. The number of hydrogen-bond acceptors (Lipinski definition) is 4. The summed E-state index contributed by atoms with van der Waals surface area (Å²) in [5, 5.41) is 6.76. The minimum Gasteiger partial charge on any atom is -0.497 e. The molecule has 1 atom stereocenters. The first-order valence-electron chi connectivity index (χ1n) is 7.15. The second kappa shape index (κ2) is 5.32. The van der Waals surface area contributed by atoms with Crippen molar-refractivity contribution in [3.05, 3.63) is 58.1 Å². The van der Waals surface area contributed by atoms with E-state index in [4.69, 9.17) is 14.6 Å². The fourth-order valence-electron chi connectivity index (χ4n) is 2.95. The van der Waals surface area contributed by atoms with Crippen molar-refractivity contribution in [2.24, 2.45) is 5.10 Å². The van der Waals surface area contributed by atoms with Gasteiger partial charge in [0.05, 0.1) is 18.9 Å². The summed E-state index contributed by atoms with van der Waals surface area (Å²) in [6.45, 7) is 0.499. The Kier molecular flexibility index (Phi) is 3.30. The van der Waals surface area contributed by atoms with E-state index in [0.717, 1.165) is 33.7 Å². The van der Waals surface area contributed by atoms with Crippen LogP contribution in [-0.4, -0.2) is 24.6 Å². The molecule has 0 aliphatic carbocycles. The normalized spacial score (nSPS) is 19.1. The summed E-state index contributed by atoms with van der Waals surface area (Å²) in [6.07, 6.45) is 0.888. The highest BCUT2D eigenvalue weighted by molar-refractivity contribution is 9.10. The average molecular weight is 359 g/mol. The SMILES string of the molecule is COc1ccc(C2=NN3COc4ccc(Br)cc4[C@@H]3C2)cc1. The van der Waals surface area contributed by atoms with Crippen LogP contribution in [0.15, 0.2) is 52.0 Å². The van der Waals surface area contributed by atoms with Gasteiger partial charge in [0, 0.05) is 16.5 Å². The Labute approximate surface area is 137 Å². The van der Waals surface area contributed by atoms with E-state index < -0.39 is 0 Å². The number of benzene rings is 2. The first-order valence-corrected chi connectivity index (χ1v) is 7.95. The van der Waals surface area contributed by atoms with Crippen LogP contribution in [0, 0.1) is 0 Å². The van der Waals surface area contributed by atoms with Crippen molar-refractivity contribution >= 4 is 21.6 Å². The maximum absolute atomic E-state index is 5.79. The Balaban J connectivity index is 1.64. The van der Waals surface area contributed by atoms with E-state index in [2.05, 4.69) is 34.1 Å². The third kappa shape index (κ3) is 2.25. The number of hydrazone groups is 1. The molecule has 2 aromatic rings. The number of nitrogens with zero attached hydrogens (tertiary/aromatic N) is 2. The zero-order valence-electron chi connectivity index (χ0n) is 12.1. The highest BCUT2D eigenvalue weighted by Crippen LogP contribution is 2.41. The van der Waals surface area contributed by atoms with Crippen LogP contribution < -0.4 is 9.47 Å². The lowest BCUT2D eigenvalue weighted by Crippen LogP contribution is -2.29. The van der Waals surface area contributed by atoms with Gasteiger partial charge in [-0.15, -0.1) is 0 Å². The summed E-state index contributed by atoms with van der Waals surface area (Å²) in [4.78, 5) is 0. The molecule has 2 aliphatic heterocycles. The van der Waals surface area contributed by atoms with Crippen molar-refractivity contribution in [2.45, 2.75) is 12.5 Å². The van der Waals surface area contributed by atoms with E-state index in [-0.39, 0.29) is 6.04 Å². The molecule has 22 heavy (non-hydrogen) atoms. The molecule has 2 aliphatic rings. The van der Waals surface area contributed by atoms with Gasteiger partial charge in [0.1, 0.15) is 11.5 Å². The van der Waals surface area contributed by atoms with Gasteiger partial charge >= 0.3 is 0 Å². The molecule has 0 radical (unpaired) electrons. The smallest absolute Gasteiger partial charge is 0.177 e. The van der Waals surface area contributed by atoms with Gasteiger partial charge in [-0.05, 0) is 48.0 Å². The van der Waals surface area contributed by atoms with E-state index in [1.807, 2.05) is 29.3 Å². The number of hydrogen-bond donors (Lipinski definition) is 0. The van der Waals surface area contributed by atoms with Crippen LogP contribution >= 0.6 is 15.9 Å². The Hall–Kier alpha value is -2.01. The van der Waals surface area contributed by atoms with Gasteiger partial charge in [-0.25, -0.2) is 0 Å². The van der Waals surface area contributed by atoms with Crippen LogP contribution in [0.3, 0.4) is 0 Å². The zero-order valence-corrected chi connectivity index (χ0v) is 13.7. The van der Waals surface area contributed by atoms with Gasteiger partial charge in [-0.3, -0.25) is 5.01 Å². The lowest BCUT2D eigenvalue weighted by molar-refractivity contribution is 0.0749. The molecule has 4 rings (SSSR count). The van der Waals surface area contributed by atoms with Crippen LogP contribution in [-0.2, 0) is 0 Å². The van der Waals surface area contributed by atoms with Gasteiger partial charge in [0.15, 0.2) is 6.73 Å². The van der Waals surface area contributed by atoms with Crippen LogP contribution in [0.25, 0.3) is 0 Å². The molecule has 0 spiro atoms. The van der Waals surface area contributed by atoms with Gasteiger partial charge in [0.2, 0.25) is 0 Å². The Morgan fingerprint density at radius 1 is 1.23 bits per heavy atom. The monoisotopic (exact) mass is 358 g/mol. The quantitative estimate of drug-likeness (QED) is 0.814. The second-order valence-corrected chi connectivity index (χ2v) is 6.31. The molecule has 0 saturated carbocycles. The molecule has 2 heterocycles. The first-order chi connectivity index (χ1) is 10.7. The van der Waals surface area contributed by atoms with Crippen molar-refractivity contribution in [3.8, 4) is 11.5 Å². The highest BCUT2D eigenvalue weighted by atomic mass is 79.9. The van der Waals surface area contributed by atoms with Gasteiger partial charge < -0.3 is 9.47 Å². The fraction of sp³-hybridized carbons (Fsp3) is 0.235. The summed E-state index contributed by atoms with van der Waals surface area (Å²) in [5.41, 5.74) is 3.41. The number of fused-ring (bicyclic) bond motifs is 3. The maximum atomic E-state index is 5.79. The predicted molar refractivity (Wildman–Crippen MR) is 88.4 cm³/mol. The maximum Gasteiger partial charge on any atom is 0.177 e. The molecule has 2 aromatic carbocycles. The molecule has 4 nitrogen and oxygen atoms in total. The Bertz CT molecular complexity index is 743. The molecule has 0 amide bonds. The minimum atomic E-state index is 0.248. The van der Waals surface area contributed by atoms with Crippen molar-refractivity contribution in [2.75, 3.05) is 13.8 Å². The number of methoxy groups -OCH3 is 1. The second-order valence-electron chi connectivity index (χ2n) is 5.39. The van der Waals surface area contributed by atoms with Crippen molar-refractivity contribution in [1.29, 1.82) is 0 Å². The van der Waals surface area contributed by atoms with Crippen molar-refractivity contribution in [1.82, 2.24) is 5.01 Å². The molecule has 0 N–H and O–H groups in total. The van der Waals surface area contributed by atoms with E-state index in [1.165, 1.54) is 5.56 Å². The van der Waals surface area contributed by atoms with E-state index in [9.17, 15) is 0 Å². The molecular formula is C17H15BrN2O2. The summed E-state index contributed by atoms with van der Waals surface area (Å²) in [5.74, 6) is 1.81. The fourth-order valence-corrected chi connectivity index (χ4v) is 3.33. The van der Waals surface area contributed by atoms with E-state index >= 15 is 0 Å². The molecule has 0 bridgehead atoms. The number of ether oxygens (including phenoxy) is 2. The highest BCUT2D eigenvalue weighted by Gasteiger charge is 2.34. The Morgan fingerprint density at radius 3 is 2.82 bits per heavy atom. The first kappa shape index (κ1) is 13.6. The summed E-state index contributed by atoms with van der Waals surface area (Å²) in [7, 11) is 1.68. The number of rotatable bonds is 2. The molecule has 5 heteroatoms.